The van der Waals surface area contributed by atoms with E-state index in [1.807, 2.05) is 6.07 Å². The Hall–Kier alpha value is -1.11. The molecule has 6 heteroatoms. The molecule has 1 saturated heterocycles. The van der Waals surface area contributed by atoms with Gasteiger partial charge >= 0.3 is 0 Å². The number of fused-ring (bicyclic) bond motifs is 1. The fraction of sp³-hybridized carbons (Fsp3) is 0.650. The maximum atomic E-state index is 14.9. The maximum Gasteiger partial charge on any atom is 0.124 e. The summed E-state index contributed by atoms with van der Waals surface area (Å²) in [5.74, 6) is 0.226. The van der Waals surface area contributed by atoms with Gasteiger partial charge in [-0.2, -0.15) is 4.37 Å². The van der Waals surface area contributed by atoms with Gasteiger partial charge in [-0.1, -0.05) is 0 Å². The van der Waals surface area contributed by atoms with Crippen LogP contribution in [0.1, 0.15) is 56.6 Å². The third kappa shape index (κ3) is 3.92. The predicted molar refractivity (Wildman–Crippen MR) is 103 cm³/mol. The number of likely N-dealkylation sites (tertiary alicyclic amines) is 1. The van der Waals surface area contributed by atoms with Crippen molar-refractivity contribution in [3.05, 3.63) is 29.7 Å². The minimum Gasteiger partial charge on any atom is -0.328 e. The molecule has 1 aliphatic heterocycles. The van der Waals surface area contributed by atoms with E-state index < -0.39 is 5.67 Å². The van der Waals surface area contributed by atoms with Crippen LogP contribution in [0, 0.1) is 5.82 Å². The quantitative estimate of drug-likeness (QED) is 0.843. The summed E-state index contributed by atoms with van der Waals surface area (Å²) in [6, 6.07) is 5.14. The van der Waals surface area contributed by atoms with Crippen LogP contribution in [0.4, 0.5) is 8.78 Å². The van der Waals surface area contributed by atoms with Crippen LogP contribution in [-0.4, -0.2) is 40.6 Å². The van der Waals surface area contributed by atoms with Crippen molar-refractivity contribution in [3.8, 4) is 0 Å². The summed E-state index contributed by atoms with van der Waals surface area (Å²) >= 11 is 1.39. The highest BCUT2D eigenvalue weighted by atomic mass is 32.1. The Bertz CT molecular complexity index is 747. The predicted octanol–water partition coefficient (Wildman–Crippen LogP) is 4.61. The number of hydrogen-bond acceptors (Lipinski definition) is 4. The molecule has 0 unspecified atom stereocenters. The summed E-state index contributed by atoms with van der Waals surface area (Å²) in [4.78, 5) is 2.39. The fourth-order valence-electron chi connectivity index (χ4n) is 4.42. The van der Waals surface area contributed by atoms with E-state index in [1.165, 1.54) is 17.6 Å². The molecule has 1 aliphatic carbocycles. The second-order valence-electron chi connectivity index (χ2n) is 8.06. The van der Waals surface area contributed by atoms with Crippen molar-refractivity contribution in [2.45, 2.75) is 62.6 Å². The number of nitrogens with two attached hydrogens (primary N) is 1. The SMILES string of the molecule is NC1CCC(F)(CCN2CCC(c3nsc4cc(F)ccc34)CC2)CC1. The van der Waals surface area contributed by atoms with Gasteiger partial charge in [-0.25, -0.2) is 8.78 Å². The van der Waals surface area contributed by atoms with Crippen LogP contribution in [0.5, 0.6) is 0 Å². The van der Waals surface area contributed by atoms with Gasteiger partial charge in [-0.3, -0.25) is 0 Å². The fourth-order valence-corrected chi connectivity index (χ4v) is 5.30. The molecule has 0 bridgehead atoms. The van der Waals surface area contributed by atoms with Gasteiger partial charge in [-0.05, 0) is 87.8 Å². The zero-order chi connectivity index (χ0) is 18.1. The molecule has 2 N–H and O–H groups in total. The first-order valence-corrected chi connectivity index (χ1v) is 10.5. The number of benzene rings is 1. The molecule has 26 heavy (non-hydrogen) atoms. The molecule has 0 amide bonds. The van der Waals surface area contributed by atoms with Gasteiger partial charge in [0.1, 0.15) is 11.5 Å². The third-order valence-corrected chi connectivity index (χ3v) is 7.06. The molecule has 1 aromatic carbocycles. The lowest BCUT2D eigenvalue weighted by Gasteiger charge is -2.36. The largest absolute Gasteiger partial charge is 0.328 e. The lowest BCUT2D eigenvalue weighted by atomic mass is 9.81. The molecule has 142 valence electrons. The molecule has 2 fully saturated rings. The Morgan fingerprint density at radius 3 is 2.65 bits per heavy atom. The highest BCUT2D eigenvalue weighted by Gasteiger charge is 2.35. The Balaban J connectivity index is 1.31. The Kier molecular flexibility index (Phi) is 5.26. The molecule has 0 atom stereocenters. The highest BCUT2D eigenvalue weighted by Crippen LogP contribution is 2.37. The van der Waals surface area contributed by atoms with Gasteiger partial charge < -0.3 is 10.6 Å². The molecule has 2 aliphatic rings. The molecule has 2 aromatic rings. The molecule has 1 saturated carbocycles. The number of alkyl halides is 1. The number of rotatable bonds is 4. The van der Waals surface area contributed by atoms with Gasteiger partial charge in [0.25, 0.3) is 0 Å². The van der Waals surface area contributed by atoms with E-state index in [0.717, 1.165) is 61.1 Å². The van der Waals surface area contributed by atoms with Crippen molar-refractivity contribution in [1.29, 1.82) is 0 Å². The molecule has 0 radical (unpaired) electrons. The number of hydrogen-bond donors (Lipinski definition) is 1. The topological polar surface area (TPSA) is 42.1 Å². The average Bonchev–Trinajstić information content (AvgIpc) is 3.06. The minimum atomic E-state index is -1.01. The molecule has 1 aromatic heterocycles. The summed E-state index contributed by atoms with van der Waals surface area (Å²) in [5, 5.41) is 1.09. The molecule has 2 heterocycles. The first-order chi connectivity index (χ1) is 12.5. The van der Waals surface area contributed by atoms with Gasteiger partial charge in [0, 0.05) is 23.9 Å². The average molecular weight is 380 g/mol. The number of nitrogens with zero attached hydrogens (tertiary/aromatic N) is 2. The normalized spacial score (nSPS) is 28.7. The van der Waals surface area contributed by atoms with Crippen LogP contribution in [-0.2, 0) is 0 Å². The van der Waals surface area contributed by atoms with Gasteiger partial charge in [0.15, 0.2) is 0 Å². The van der Waals surface area contributed by atoms with Crippen molar-refractivity contribution in [2.24, 2.45) is 5.73 Å². The van der Waals surface area contributed by atoms with Crippen molar-refractivity contribution in [3.63, 3.8) is 0 Å². The Labute approximate surface area is 157 Å². The molecule has 0 spiro atoms. The van der Waals surface area contributed by atoms with Crippen LogP contribution in [0.3, 0.4) is 0 Å². The number of piperidine rings is 1. The molecule has 4 rings (SSSR count). The zero-order valence-corrected chi connectivity index (χ0v) is 15.9. The van der Waals surface area contributed by atoms with Crippen LogP contribution < -0.4 is 5.73 Å². The van der Waals surface area contributed by atoms with E-state index in [1.54, 1.807) is 6.07 Å². The monoisotopic (exact) mass is 379 g/mol. The first kappa shape index (κ1) is 18.3. The smallest absolute Gasteiger partial charge is 0.124 e. The second-order valence-corrected chi connectivity index (χ2v) is 8.87. The van der Waals surface area contributed by atoms with E-state index in [9.17, 15) is 8.78 Å². The summed E-state index contributed by atoms with van der Waals surface area (Å²) in [5.41, 5.74) is 6.01. The van der Waals surface area contributed by atoms with Crippen LogP contribution in [0.15, 0.2) is 18.2 Å². The highest BCUT2D eigenvalue weighted by molar-refractivity contribution is 7.13. The van der Waals surface area contributed by atoms with E-state index >= 15 is 0 Å². The first-order valence-electron chi connectivity index (χ1n) is 9.74. The summed E-state index contributed by atoms with van der Waals surface area (Å²) in [6.45, 7) is 2.81. The maximum absolute atomic E-state index is 14.9. The molecular formula is C20H27F2N3S. The van der Waals surface area contributed by atoms with Crippen molar-refractivity contribution in [1.82, 2.24) is 9.27 Å². The van der Waals surface area contributed by atoms with Crippen LogP contribution in [0.25, 0.3) is 10.1 Å². The summed E-state index contributed by atoms with van der Waals surface area (Å²) in [6.07, 6.45) is 5.58. The van der Waals surface area contributed by atoms with E-state index in [4.69, 9.17) is 5.73 Å². The third-order valence-electron chi connectivity index (χ3n) is 6.24. The second kappa shape index (κ2) is 7.49. The summed E-state index contributed by atoms with van der Waals surface area (Å²) < 4.78 is 33.8. The van der Waals surface area contributed by atoms with Crippen LogP contribution >= 0.6 is 11.5 Å². The number of halogens is 2. The Morgan fingerprint density at radius 2 is 1.92 bits per heavy atom. The number of aromatic nitrogens is 1. The lowest BCUT2D eigenvalue weighted by Crippen LogP contribution is -2.40. The van der Waals surface area contributed by atoms with E-state index in [2.05, 4.69) is 9.27 Å². The zero-order valence-electron chi connectivity index (χ0n) is 15.1. The standard InChI is InChI=1S/C20H27F2N3S/c21-15-1-2-17-18(13-15)26-24-19(17)14-5-10-25(11-6-14)12-9-20(22)7-3-16(23)4-8-20/h1-2,13-14,16H,3-12,23H2. The van der Waals surface area contributed by atoms with Crippen molar-refractivity contribution in [2.75, 3.05) is 19.6 Å². The van der Waals surface area contributed by atoms with Crippen molar-refractivity contribution >= 4 is 21.6 Å². The Morgan fingerprint density at radius 1 is 1.19 bits per heavy atom. The molecule has 3 nitrogen and oxygen atoms in total. The van der Waals surface area contributed by atoms with E-state index in [0.29, 0.717) is 25.2 Å². The van der Waals surface area contributed by atoms with Crippen LogP contribution in [0.2, 0.25) is 0 Å². The molecular weight excluding hydrogens is 352 g/mol. The van der Waals surface area contributed by atoms with Crippen molar-refractivity contribution < 1.29 is 8.78 Å². The minimum absolute atomic E-state index is 0.191. The lowest BCUT2D eigenvalue weighted by molar-refractivity contribution is 0.0690. The summed E-state index contributed by atoms with van der Waals surface area (Å²) in [7, 11) is 0. The van der Waals surface area contributed by atoms with Gasteiger partial charge in [0.2, 0.25) is 0 Å². The van der Waals surface area contributed by atoms with E-state index in [-0.39, 0.29) is 11.9 Å². The van der Waals surface area contributed by atoms with Gasteiger partial charge in [0.05, 0.1) is 10.4 Å². The van der Waals surface area contributed by atoms with Gasteiger partial charge in [-0.15, -0.1) is 0 Å².